The quantitative estimate of drug-likeness (QED) is 0.0543. The molecule has 0 radical (unpaired) electrons. The summed E-state index contributed by atoms with van der Waals surface area (Å²) in [6.07, 6.45) is -0.205. The van der Waals surface area contributed by atoms with Gasteiger partial charge >= 0.3 is 0 Å². The topological polar surface area (TPSA) is 112 Å². The first-order valence-corrected chi connectivity index (χ1v) is 10.7. The molecule has 0 aromatic heterocycles. The third-order valence-corrected chi connectivity index (χ3v) is 4.62. The highest BCUT2D eigenvalue weighted by Gasteiger charge is 2.21. The Kier molecular flexibility index (Phi) is 16.3. The van der Waals surface area contributed by atoms with Gasteiger partial charge in [-0.15, -0.1) is 0 Å². The fourth-order valence-electron chi connectivity index (χ4n) is 2.09. The van der Waals surface area contributed by atoms with E-state index < -0.39 is 33.3 Å². The van der Waals surface area contributed by atoms with Crippen molar-refractivity contribution in [2.75, 3.05) is 72.6 Å². The SMILES string of the molecule is [N-]=[N+]=NCCOCCOCCOCCOCCOCCC(=O)Sc1c(F)c(F)cc(F)c1F. The number of nitrogens with zero attached hydrogens (tertiary/aromatic N) is 3. The second-order valence-corrected chi connectivity index (χ2v) is 7.11. The predicted octanol–water partition coefficient (Wildman–Crippen LogP) is 3.65. The lowest BCUT2D eigenvalue weighted by Gasteiger charge is -2.08. The Hall–Kier alpha value is -1.93. The van der Waals surface area contributed by atoms with E-state index in [1.807, 2.05) is 0 Å². The van der Waals surface area contributed by atoms with E-state index in [0.29, 0.717) is 46.2 Å². The van der Waals surface area contributed by atoms with Crippen LogP contribution in [0.15, 0.2) is 16.1 Å². The van der Waals surface area contributed by atoms with E-state index in [4.69, 9.17) is 29.2 Å². The van der Waals surface area contributed by atoms with Gasteiger partial charge in [-0.05, 0) is 17.3 Å². The summed E-state index contributed by atoms with van der Waals surface area (Å²) in [5.41, 5.74) is 8.08. The lowest BCUT2D eigenvalue weighted by Crippen LogP contribution is -2.14. The molecule has 14 heteroatoms. The highest BCUT2D eigenvalue weighted by atomic mass is 32.2. The molecule has 33 heavy (non-hydrogen) atoms. The van der Waals surface area contributed by atoms with Gasteiger partial charge in [0.05, 0.1) is 71.0 Å². The number of thioether (sulfide) groups is 1. The van der Waals surface area contributed by atoms with Crippen LogP contribution < -0.4 is 0 Å². The highest BCUT2D eigenvalue weighted by molar-refractivity contribution is 8.13. The van der Waals surface area contributed by atoms with E-state index >= 15 is 0 Å². The third kappa shape index (κ3) is 13.4. The van der Waals surface area contributed by atoms with Crippen LogP contribution in [-0.4, -0.2) is 77.7 Å². The van der Waals surface area contributed by atoms with E-state index in [0.717, 1.165) is 0 Å². The normalized spacial score (nSPS) is 10.9. The third-order valence-electron chi connectivity index (χ3n) is 3.62. The number of rotatable bonds is 19. The van der Waals surface area contributed by atoms with E-state index in [9.17, 15) is 22.4 Å². The Balaban J connectivity index is 1.93. The lowest BCUT2D eigenvalue weighted by molar-refractivity contribution is -0.112. The number of ether oxygens (including phenoxy) is 5. The van der Waals surface area contributed by atoms with E-state index in [1.165, 1.54) is 0 Å². The number of hydrogen-bond donors (Lipinski definition) is 0. The molecule has 1 rings (SSSR count). The maximum absolute atomic E-state index is 13.5. The molecule has 0 fully saturated rings. The molecule has 1 aromatic rings. The first-order valence-electron chi connectivity index (χ1n) is 9.90. The summed E-state index contributed by atoms with van der Waals surface area (Å²) < 4.78 is 79.5. The molecule has 0 atom stereocenters. The summed E-state index contributed by atoms with van der Waals surface area (Å²) in [4.78, 5) is 13.3. The van der Waals surface area contributed by atoms with Gasteiger partial charge in [-0.1, -0.05) is 5.11 Å². The van der Waals surface area contributed by atoms with Crippen molar-refractivity contribution in [3.05, 3.63) is 39.8 Å². The molecule has 0 amide bonds. The fourth-order valence-corrected chi connectivity index (χ4v) is 2.88. The van der Waals surface area contributed by atoms with Crippen LogP contribution in [0, 0.1) is 23.3 Å². The second kappa shape index (κ2) is 18.5. The van der Waals surface area contributed by atoms with Crippen LogP contribution in [-0.2, 0) is 28.5 Å². The molecule has 9 nitrogen and oxygen atoms in total. The zero-order chi connectivity index (χ0) is 24.3. The van der Waals surface area contributed by atoms with Crippen molar-refractivity contribution in [1.29, 1.82) is 0 Å². The van der Waals surface area contributed by atoms with Crippen LogP contribution >= 0.6 is 11.8 Å². The average molecular weight is 499 g/mol. The van der Waals surface area contributed by atoms with Crippen molar-refractivity contribution in [2.45, 2.75) is 11.3 Å². The second-order valence-electron chi connectivity index (χ2n) is 6.04. The van der Waals surface area contributed by atoms with Crippen LogP contribution in [0.2, 0.25) is 0 Å². The lowest BCUT2D eigenvalue weighted by atomic mass is 10.3. The number of carbonyl (C=O) groups is 1. The number of halogens is 4. The zero-order valence-corrected chi connectivity index (χ0v) is 18.6. The molecule has 0 aliphatic rings. The van der Waals surface area contributed by atoms with Crippen LogP contribution in [0.25, 0.3) is 10.4 Å². The van der Waals surface area contributed by atoms with Gasteiger partial charge in [-0.3, -0.25) is 4.79 Å². The maximum Gasteiger partial charge on any atom is 0.196 e. The molecule has 0 saturated heterocycles. The Morgan fingerprint density at radius 2 is 1.21 bits per heavy atom. The molecule has 0 aliphatic carbocycles. The predicted molar refractivity (Wildman–Crippen MR) is 110 cm³/mol. The van der Waals surface area contributed by atoms with E-state index in [2.05, 4.69) is 10.0 Å². The van der Waals surface area contributed by atoms with Gasteiger partial charge in [0.25, 0.3) is 0 Å². The number of azide groups is 1. The van der Waals surface area contributed by atoms with Crippen molar-refractivity contribution in [3.8, 4) is 0 Å². The molecular formula is C19H25F4N3O6S. The van der Waals surface area contributed by atoms with Crippen LogP contribution in [0.3, 0.4) is 0 Å². The minimum Gasteiger partial charge on any atom is -0.379 e. The highest BCUT2D eigenvalue weighted by Crippen LogP contribution is 2.29. The van der Waals surface area contributed by atoms with Crippen molar-refractivity contribution >= 4 is 16.9 Å². The van der Waals surface area contributed by atoms with Crippen LogP contribution in [0.4, 0.5) is 17.6 Å². The molecule has 186 valence electrons. The first-order chi connectivity index (χ1) is 16.0. The van der Waals surface area contributed by atoms with E-state index in [-0.39, 0.29) is 50.6 Å². The number of benzene rings is 1. The van der Waals surface area contributed by atoms with Gasteiger partial charge in [0.2, 0.25) is 0 Å². The van der Waals surface area contributed by atoms with Gasteiger partial charge < -0.3 is 23.7 Å². The summed E-state index contributed by atoms with van der Waals surface area (Å²) in [5, 5.41) is 2.62. The molecule has 0 N–H and O–H groups in total. The summed E-state index contributed by atoms with van der Waals surface area (Å²) in [6.45, 7) is 3.25. The molecule has 0 unspecified atom stereocenters. The van der Waals surface area contributed by atoms with Gasteiger partial charge in [0, 0.05) is 23.9 Å². The molecule has 0 spiro atoms. The minimum absolute atomic E-state index is 0.0423. The van der Waals surface area contributed by atoms with Gasteiger partial charge in [-0.25, -0.2) is 17.6 Å². The summed E-state index contributed by atoms with van der Waals surface area (Å²) in [6, 6.07) is 0.0802. The average Bonchev–Trinajstić information content (AvgIpc) is 2.79. The largest absolute Gasteiger partial charge is 0.379 e. The maximum atomic E-state index is 13.5. The summed E-state index contributed by atoms with van der Waals surface area (Å²) in [7, 11) is 0. The molecular weight excluding hydrogens is 474 g/mol. The van der Waals surface area contributed by atoms with Crippen LogP contribution in [0.1, 0.15) is 6.42 Å². The number of hydrogen-bond acceptors (Lipinski definition) is 8. The Bertz CT molecular complexity index is 745. The van der Waals surface area contributed by atoms with Crippen molar-refractivity contribution in [3.63, 3.8) is 0 Å². The molecule has 0 aliphatic heterocycles. The van der Waals surface area contributed by atoms with Crippen LogP contribution in [0.5, 0.6) is 0 Å². The van der Waals surface area contributed by atoms with Crippen molar-refractivity contribution in [2.24, 2.45) is 5.11 Å². The van der Waals surface area contributed by atoms with Gasteiger partial charge in [-0.2, -0.15) is 0 Å². The molecule has 0 heterocycles. The molecule has 0 bridgehead atoms. The Labute approximate surface area is 192 Å². The first kappa shape index (κ1) is 29.1. The Morgan fingerprint density at radius 3 is 1.67 bits per heavy atom. The molecule has 0 saturated carbocycles. The van der Waals surface area contributed by atoms with E-state index in [1.54, 1.807) is 0 Å². The summed E-state index contributed by atoms with van der Waals surface area (Å²) >= 11 is 0.0851. The van der Waals surface area contributed by atoms with Crippen molar-refractivity contribution in [1.82, 2.24) is 0 Å². The standard InChI is InChI=1S/C19H25F4N3O6S/c20-14-13-15(21)18(23)19(17(14)22)33-16(27)1-3-28-5-7-30-9-11-32-12-10-31-8-6-29-4-2-25-26-24/h13H,1-12H2. The van der Waals surface area contributed by atoms with Gasteiger partial charge in [0.15, 0.2) is 28.4 Å². The fraction of sp³-hybridized carbons (Fsp3) is 0.632. The van der Waals surface area contributed by atoms with Gasteiger partial charge in [0.1, 0.15) is 0 Å². The Morgan fingerprint density at radius 1 is 0.788 bits per heavy atom. The minimum atomic E-state index is -1.61. The smallest absolute Gasteiger partial charge is 0.196 e. The van der Waals surface area contributed by atoms with Crippen molar-refractivity contribution < 1.29 is 46.0 Å². The zero-order valence-electron chi connectivity index (χ0n) is 17.8. The monoisotopic (exact) mass is 499 g/mol. The number of carbonyl (C=O) groups excluding carboxylic acids is 1. The summed E-state index contributed by atoms with van der Waals surface area (Å²) in [5.74, 6) is -6.36. The molecule has 1 aromatic carbocycles.